The first-order chi connectivity index (χ1) is 48.5. The number of carbonyl (C=O) groups is 18. The van der Waals surface area contributed by atoms with Gasteiger partial charge in [0.25, 0.3) is 0 Å². The molecule has 104 heavy (non-hydrogen) atoms. The van der Waals surface area contributed by atoms with Crippen molar-refractivity contribution in [1.82, 2.24) is 74.0 Å². The number of nitrogens with two attached hydrogens (primary N) is 3. The maximum Gasteiger partial charge on any atom is 0.326 e. The molecule has 22 N–H and O–H groups in total. The van der Waals surface area contributed by atoms with Crippen LogP contribution in [-0.4, -0.2) is 231 Å². The third-order valence-electron chi connectivity index (χ3n) is 17.1. The van der Waals surface area contributed by atoms with Gasteiger partial charge in [-0.2, -0.15) is 0 Å². The Morgan fingerprint density at radius 1 is 0.442 bits per heavy atom. The number of hydrogen-bond donors (Lipinski definition) is 19. The Bertz CT molecular complexity index is 3030. The van der Waals surface area contributed by atoms with Crippen LogP contribution in [0.3, 0.4) is 0 Å². The van der Waals surface area contributed by atoms with Gasteiger partial charge < -0.3 is 107 Å². The van der Waals surface area contributed by atoms with Crippen molar-refractivity contribution in [3.63, 3.8) is 0 Å². The number of carbonyl (C=O) groups excluding carboxylic acids is 15. The highest BCUT2D eigenvalue weighted by molar-refractivity contribution is 6.01. The summed E-state index contributed by atoms with van der Waals surface area (Å²) in [6, 6.07) is -18.2. The van der Waals surface area contributed by atoms with Gasteiger partial charge in [-0.3, -0.25) is 81.5 Å². The molecular weight excluding hydrogens is 1370 g/mol. The molecule has 0 spiro atoms. The number of hydrogen-bond acceptors (Lipinski definition) is 20. The van der Waals surface area contributed by atoms with Crippen molar-refractivity contribution in [2.45, 2.75) is 252 Å². The molecule has 0 aromatic carbocycles. The molecule has 0 aliphatic carbocycles. The van der Waals surface area contributed by atoms with Crippen LogP contribution in [0.4, 0.5) is 0 Å². The van der Waals surface area contributed by atoms with Gasteiger partial charge in [-0.05, 0) is 108 Å². The summed E-state index contributed by atoms with van der Waals surface area (Å²) in [5.74, 6) is -19.9. The fourth-order valence-corrected chi connectivity index (χ4v) is 10.7. The fraction of sp³-hybridized carbons (Fsp3) is 0.727. The van der Waals surface area contributed by atoms with E-state index < -0.39 is 235 Å². The third-order valence-corrected chi connectivity index (χ3v) is 17.1. The van der Waals surface area contributed by atoms with E-state index in [9.17, 15) is 96.5 Å². The minimum Gasteiger partial charge on any atom is -0.481 e. The standard InChI is InChI=1S/C66H113N17O21/c1-14-34(9)52(82-61(98)42(26-32(5)6)76-57(94)40(21-22-49(87)88)74-47(85)29-68)63(100)70-30-48(86)80-53(35(10)15-2)64(101)78-41(25-31(3)4)60(97)77-43(27-46(69)84)59(96)72-36(11)54(91)71-37(12)55(92)75-39(19-16-17-23-67)58(95)81-51(33(7)8)65(102)83-24-18-20-45(83)62(99)73-38(13)56(93)79-44(66(103)104)28-50(89)90/h31-45,51-53H,14-30,67-68H2,1-13H3,(H2,69,84)(H,70,100)(H,71,91)(H,72,96)(H,73,99)(H,74,85)(H,75,92)(H,76,94)(H,77,97)(H,78,101)(H,79,93)(H,80,86)(H,81,95)(H,82,98)(H,87,88)(H,89,90)(H,103,104)/t34-,35-,36-,37-,38-,39-,40-,41-,42-,43-,44-,45-,51-,52-,53-/m0/s1. The number of rotatable bonds is 48. The maximum absolute atomic E-state index is 14.2. The van der Waals surface area contributed by atoms with Gasteiger partial charge in [-0.15, -0.1) is 0 Å². The second kappa shape index (κ2) is 46.2. The van der Waals surface area contributed by atoms with Crippen LogP contribution in [0.2, 0.25) is 0 Å². The highest BCUT2D eigenvalue weighted by Gasteiger charge is 2.42. The summed E-state index contributed by atoms with van der Waals surface area (Å²) < 4.78 is 0. The molecule has 0 saturated carbocycles. The number of amides is 15. The van der Waals surface area contributed by atoms with Crippen LogP contribution in [0.1, 0.15) is 173 Å². The van der Waals surface area contributed by atoms with Crippen molar-refractivity contribution in [2.24, 2.45) is 46.8 Å². The predicted octanol–water partition coefficient (Wildman–Crippen LogP) is -4.80. The molecule has 0 radical (unpaired) electrons. The lowest BCUT2D eigenvalue weighted by Crippen LogP contribution is -2.61. The minimum atomic E-state index is -1.79. The number of nitrogens with one attached hydrogen (secondary N) is 13. The van der Waals surface area contributed by atoms with Crippen molar-refractivity contribution < 1.29 is 102 Å². The van der Waals surface area contributed by atoms with Crippen molar-refractivity contribution in [3.05, 3.63) is 0 Å². The summed E-state index contributed by atoms with van der Waals surface area (Å²) in [5, 5.41) is 59.8. The normalized spacial score (nSPS) is 16.7. The number of likely N-dealkylation sites (tertiary alicyclic amines) is 1. The Kier molecular flexibility index (Phi) is 41.0. The molecule has 1 aliphatic rings. The van der Waals surface area contributed by atoms with Gasteiger partial charge in [0, 0.05) is 13.0 Å². The van der Waals surface area contributed by atoms with E-state index in [-0.39, 0.29) is 57.0 Å². The molecule has 1 fully saturated rings. The van der Waals surface area contributed by atoms with Gasteiger partial charge in [0.1, 0.15) is 78.5 Å². The summed E-state index contributed by atoms with van der Waals surface area (Å²) in [6.07, 6.45) is -0.735. The lowest BCUT2D eigenvalue weighted by Gasteiger charge is -2.32. The maximum atomic E-state index is 14.2. The molecule has 0 bridgehead atoms. The highest BCUT2D eigenvalue weighted by atomic mass is 16.4. The van der Waals surface area contributed by atoms with Crippen LogP contribution >= 0.6 is 0 Å². The van der Waals surface area contributed by atoms with Gasteiger partial charge in [0.15, 0.2) is 0 Å². The Balaban J connectivity index is 3.27. The average Bonchev–Trinajstić information content (AvgIpc) is 1.61. The molecule has 38 heteroatoms. The summed E-state index contributed by atoms with van der Waals surface area (Å²) in [4.78, 5) is 239. The molecule has 1 aliphatic heterocycles. The van der Waals surface area contributed by atoms with Crippen LogP contribution in [0, 0.1) is 29.6 Å². The zero-order valence-electron chi connectivity index (χ0n) is 61.8. The highest BCUT2D eigenvalue weighted by Crippen LogP contribution is 2.22. The summed E-state index contributed by atoms with van der Waals surface area (Å²) in [6.45, 7) is 19.7. The number of unbranched alkanes of at least 4 members (excludes halogenated alkanes) is 1. The molecule has 15 atom stereocenters. The van der Waals surface area contributed by atoms with Crippen LogP contribution in [0.5, 0.6) is 0 Å². The Morgan fingerprint density at radius 3 is 1.38 bits per heavy atom. The van der Waals surface area contributed by atoms with Crippen molar-refractivity contribution in [2.75, 3.05) is 26.2 Å². The summed E-state index contributed by atoms with van der Waals surface area (Å²) >= 11 is 0. The molecule has 0 unspecified atom stereocenters. The van der Waals surface area contributed by atoms with Gasteiger partial charge >= 0.3 is 17.9 Å². The first-order valence-corrected chi connectivity index (χ1v) is 35.1. The second-order valence-electron chi connectivity index (χ2n) is 27.3. The van der Waals surface area contributed by atoms with E-state index in [1.54, 1.807) is 69.2 Å². The SMILES string of the molecule is CC[C@H](C)[C@H](NC(=O)CNC(=O)[C@@H](NC(=O)[C@H](CC(C)C)NC(=O)[C@H](CCC(=O)O)NC(=O)CN)[C@@H](C)CC)C(=O)N[C@@H](CC(C)C)C(=O)N[C@@H](CC(N)=O)C(=O)N[C@@H](C)C(=O)N[C@@H](C)C(=O)N[C@@H](CCCCN)C(=O)N[C@H](C(=O)N1CCC[C@H]1C(=O)N[C@@H](C)C(=O)N[C@@H](CC(=O)O)C(=O)O)C(C)C. The molecule has 0 aromatic heterocycles. The lowest BCUT2D eigenvalue weighted by molar-refractivity contribution is -0.147. The molecule has 1 rings (SSSR count). The number of nitrogens with zero attached hydrogens (tertiary/aromatic N) is 1. The Hall–Kier alpha value is -9.62. The zero-order chi connectivity index (χ0) is 79.6. The van der Waals surface area contributed by atoms with Gasteiger partial charge in [-0.1, -0.05) is 82.1 Å². The smallest absolute Gasteiger partial charge is 0.326 e. The van der Waals surface area contributed by atoms with Crippen LogP contribution < -0.4 is 86.3 Å². The molecule has 15 amide bonds. The number of carboxylic acid groups (broad SMARTS) is 3. The third kappa shape index (κ3) is 32.8. The van der Waals surface area contributed by atoms with Crippen molar-refractivity contribution in [1.29, 1.82) is 0 Å². The van der Waals surface area contributed by atoms with Crippen molar-refractivity contribution in [3.8, 4) is 0 Å². The van der Waals surface area contributed by atoms with Crippen molar-refractivity contribution >= 4 is 107 Å². The van der Waals surface area contributed by atoms with Crippen LogP contribution in [0.25, 0.3) is 0 Å². The zero-order valence-corrected chi connectivity index (χ0v) is 61.8. The van der Waals surface area contributed by atoms with Gasteiger partial charge in [0.05, 0.1) is 25.9 Å². The number of primary amides is 1. The Morgan fingerprint density at radius 2 is 0.885 bits per heavy atom. The van der Waals surface area contributed by atoms with E-state index in [4.69, 9.17) is 22.3 Å². The number of aliphatic carboxylic acids is 3. The largest absolute Gasteiger partial charge is 0.481 e. The molecule has 0 aromatic rings. The fourth-order valence-electron chi connectivity index (χ4n) is 10.7. The first-order valence-electron chi connectivity index (χ1n) is 35.1. The monoisotopic (exact) mass is 1480 g/mol. The van der Waals surface area contributed by atoms with Gasteiger partial charge in [0.2, 0.25) is 88.6 Å². The van der Waals surface area contributed by atoms with E-state index in [1.807, 2.05) is 0 Å². The lowest BCUT2D eigenvalue weighted by atomic mass is 9.96. The molecule has 1 heterocycles. The van der Waals surface area contributed by atoms with Crippen LogP contribution in [0.15, 0.2) is 0 Å². The van der Waals surface area contributed by atoms with Crippen LogP contribution in [-0.2, 0) is 86.3 Å². The average molecular weight is 1480 g/mol. The first kappa shape index (κ1) is 92.4. The van der Waals surface area contributed by atoms with E-state index in [2.05, 4.69) is 69.1 Å². The van der Waals surface area contributed by atoms with E-state index >= 15 is 0 Å². The summed E-state index contributed by atoms with van der Waals surface area (Å²) in [5.41, 5.74) is 16.6. The molecular formula is C66H113N17O21. The molecule has 38 nitrogen and oxygen atoms in total. The Labute approximate surface area is 605 Å². The molecule has 1 saturated heterocycles. The van der Waals surface area contributed by atoms with E-state index in [1.165, 1.54) is 25.7 Å². The second-order valence-corrected chi connectivity index (χ2v) is 27.3. The number of carboxylic acids is 3. The quantitative estimate of drug-likeness (QED) is 0.0254. The van der Waals surface area contributed by atoms with Gasteiger partial charge in [-0.25, -0.2) is 4.79 Å². The van der Waals surface area contributed by atoms with E-state index in [0.29, 0.717) is 32.1 Å². The molecule has 588 valence electrons. The van der Waals surface area contributed by atoms with E-state index in [0.717, 1.165) is 0 Å². The summed E-state index contributed by atoms with van der Waals surface area (Å²) in [7, 11) is 0. The topological polar surface area (TPSA) is 606 Å². The predicted molar refractivity (Wildman–Crippen MR) is 373 cm³/mol. The minimum absolute atomic E-state index is 0.000948.